The molecule has 1 unspecified atom stereocenters. The summed E-state index contributed by atoms with van der Waals surface area (Å²) in [5, 5.41) is 10.8. The minimum absolute atomic E-state index is 0.149. The Bertz CT molecular complexity index is 1280. The monoisotopic (exact) mass is 512 g/mol. The SMILES string of the molecule is CC\C1=C/C(=C(\C)N)C(=C\N)/OCC(C)NC(=O)c2cnc3c(N(C)C(=O)OC(C)(C)C)cc(nn23)N1. The number of nitrogens with one attached hydrogen (secondary N) is 2. The van der Waals surface area contributed by atoms with Crippen LogP contribution in [0.1, 0.15) is 58.5 Å². The maximum absolute atomic E-state index is 13.2. The molecule has 12 nitrogen and oxygen atoms in total. The Kier molecular flexibility index (Phi) is 7.99. The minimum atomic E-state index is -0.697. The normalized spacial score (nSPS) is 20.8. The first-order valence-electron chi connectivity index (χ1n) is 12.0. The van der Waals surface area contributed by atoms with Crippen molar-refractivity contribution in [1.82, 2.24) is 19.9 Å². The fourth-order valence-electron chi connectivity index (χ4n) is 3.56. The molecular formula is C25H36N8O4. The Hall–Kier alpha value is -4.22. The van der Waals surface area contributed by atoms with Crippen molar-refractivity contribution in [1.29, 1.82) is 0 Å². The summed E-state index contributed by atoms with van der Waals surface area (Å²) >= 11 is 0. The molecule has 3 heterocycles. The predicted octanol–water partition coefficient (Wildman–Crippen LogP) is 2.99. The minimum Gasteiger partial charge on any atom is -0.489 e. The van der Waals surface area contributed by atoms with E-state index < -0.39 is 17.6 Å². The number of amides is 2. The number of ether oxygens (including phenoxy) is 2. The number of fused-ring (bicyclic) bond motifs is 1. The van der Waals surface area contributed by atoms with Gasteiger partial charge in [-0.2, -0.15) is 0 Å². The first kappa shape index (κ1) is 27.4. The summed E-state index contributed by atoms with van der Waals surface area (Å²) in [5.74, 6) is 0.340. The number of imidazole rings is 1. The summed E-state index contributed by atoms with van der Waals surface area (Å²) in [7, 11) is 1.58. The van der Waals surface area contributed by atoms with E-state index >= 15 is 0 Å². The summed E-state index contributed by atoms with van der Waals surface area (Å²) in [6.45, 7) is 11.0. The van der Waals surface area contributed by atoms with Gasteiger partial charge in [0.1, 0.15) is 18.0 Å². The molecule has 1 atom stereocenters. The van der Waals surface area contributed by atoms with Crippen molar-refractivity contribution in [3.8, 4) is 0 Å². The molecule has 3 rings (SSSR count). The number of hydrogen-bond acceptors (Lipinski definition) is 9. The molecule has 2 aromatic rings. The van der Waals surface area contributed by atoms with Gasteiger partial charge < -0.3 is 31.6 Å². The van der Waals surface area contributed by atoms with Crippen LogP contribution in [0.15, 0.2) is 47.3 Å². The van der Waals surface area contributed by atoms with Crippen molar-refractivity contribution in [3.63, 3.8) is 0 Å². The van der Waals surface area contributed by atoms with Gasteiger partial charge in [-0.1, -0.05) is 6.92 Å². The summed E-state index contributed by atoms with van der Waals surface area (Å²) in [4.78, 5) is 31.8. The quantitative estimate of drug-likeness (QED) is 0.474. The van der Waals surface area contributed by atoms with Crippen LogP contribution in [0.4, 0.5) is 16.3 Å². The van der Waals surface area contributed by atoms with Crippen molar-refractivity contribution in [2.45, 2.75) is 59.6 Å². The molecule has 200 valence electrons. The maximum atomic E-state index is 13.2. The number of carbonyl (C=O) groups excluding carboxylic acids is 2. The van der Waals surface area contributed by atoms with Crippen LogP contribution in [0.2, 0.25) is 0 Å². The van der Waals surface area contributed by atoms with E-state index in [-0.39, 0.29) is 18.3 Å². The topological polar surface area (TPSA) is 162 Å². The lowest BCUT2D eigenvalue weighted by atomic mass is 10.1. The zero-order valence-electron chi connectivity index (χ0n) is 22.4. The summed E-state index contributed by atoms with van der Waals surface area (Å²) in [6, 6.07) is 1.29. The molecular weight excluding hydrogens is 476 g/mol. The first-order chi connectivity index (χ1) is 17.3. The van der Waals surface area contributed by atoms with E-state index in [1.165, 1.54) is 21.8 Å². The lowest BCUT2D eigenvalue weighted by Gasteiger charge is -2.25. The van der Waals surface area contributed by atoms with Crippen molar-refractivity contribution in [2.75, 3.05) is 23.9 Å². The first-order valence-corrected chi connectivity index (χ1v) is 12.0. The van der Waals surface area contributed by atoms with Gasteiger partial charge in [0.05, 0.1) is 17.9 Å². The van der Waals surface area contributed by atoms with E-state index in [4.69, 9.17) is 20.9 Å². The summed E-state index contributed by atoms with van der Waals surface area (Å²) in [5.41, 5.74) is 14.1. The lowest BCUT2D eigenvalue weighted by Crippen LogP contribution is -2.37. The predicted molar refractivity (Wildman–Crippen MR) is 142 cm³/mol. The van der Waals surface area contributed by atoms with Crippen LogP contribution in [0.5, 0.6) is 0 Å². The van der Waals surface area contributed by atoms with Crippen LogP contribution in [0.25, 0.3) is 5.65 Å². The van der Waals surface area contributed by atoms with Gasteiger partial charge in [-0.05, 0) is 47.1 Å². The highest BCUT2D eigenvalue weighted by molar-refractivity contribution is 5.96. The van der Waals surface area contributed by atoms with Crippen LogP contribution in [-0.2, 0) is 9.47 Å². The number of rotatable bonds is 2. The third kappa shape index (κ3) is 6.32. The van der Waals surface area contributed by atoms with Crippen molar-refractivity contribution >= 4 is 29.2 Å². The molecule has 37 heavy (non-hydrogen) atoms. The fraction of sp³-hybridized carbons (Fsp3) is 0.440. The van der Waals surface area contributed by atoms with Gasteiger partial charge in [0.25, 0.3) is 5.91 Å². The van der Waals surface area contributed by atoms with Crippen LogP contribution in [0, 0.1) is 0 Å². The third-order valence-electron chi connectivity index (χ3n) is 5.41. The highest BCUT2D eigenvalue weighted by atomic mass is 16.6. The van der Waals surface area contributed by atoms with E-state index in [9.17, 15) is 9.59 Å². The van der Waals surface area contributed by atoms with Crippen LogP contribution < -0.4 is 27.0 Å². The number of anilines is 2. The Morgan fingerprint density at radius 3 is 2.70 bits per heavy atom. The second kappa shape index (κ2) is 10.8. The summed E-state index contributed by atoms with van der Waals surface area (Å²) in [6.07, 6.45) is 4.59. The Morgan fingerprint density at radius 1 is 1.41 bits per heavy atom. The molecule has 0 spiro atoms. The number of nitrogens with zero attached hydrogens (tertiary/aromatic N) is 4. The number of carbonyl (C=O) groups is 2. The van der Waals surface area contributed by atoms with Crippen molar-refractivity contribution in [3.05, 3.63) is 53.0 Å². The van der Waals surface area contributed by atoms with Gasteiger partial charge >= 0.3 is 6.09 Å². The second-order valence-corrected chi connectivity index (χ2v) is 9.79. The molecule has 6 N–H and O–H groups in total. The van der Waals surface area contributed by atoms with E-state index in [1.54, 1.807) is 47.7 Å². The van der Waals surface area contributed by atoms with Gasteiger partial charge in [0.15, 0.2) is 17.2 Å². The van der Waals surface area contributed by atoms with Crippen LogP contribution >= 0.6 is 0 Å². The molecule has 1 aliphatic heterocycles. The maximum Gasteiger partial charge on any atom is 0.414 e. The number of hydrogen-bond donors (Lipinski definition) is 4. The van der Waals surface area contributed by atoms with E-state index in [1.807, 2.05) is 13.0 Å². The van der Waals surface area contributed by atoms with Gasteiger partial charge in [-0.25, -0.2) is 14.3 Å². The van der Waals surface area contributed by atoms with Gasteiger partial charge in [0.2, 0.25) is 0 Å². The zero-order chi connectivity index (χ0) is 27.5. The molecule has 12 heteroatoms. The molecule has 0 saturated carbocycles. The van der Waals surface area contributed by atoms with E-state index in [0.717, 1.165) is 5.70 Å². The van der Waals surface area contributed by atoms with Gasteiger partial charge in [0, 0.05) is 36.3 Å². The third-order valence-corrected chi connectivity index (χ3v) is 5.41. The smallest absolute Gasteiger partial charge is 0.414 e. The number of nitrogens with two attached hydrogens (primary N) is 2. The van der Waals surface area contributed by atoms with Crippen molar-refractivity contribution in [2.24, 2.45) is 11.5 Å². The largest absolute Gasteiger partial charge is 0.489 e. The molecule has 0 aromatic carbocycles. The molecule has 0 aliphatic carbocycles. The Labute approximate surface area is 216 Å². The summed E-state index contributed by atoms with van der Waals surface area (Å²) < 4.78 is 12.8. The molecule has 0 radical (unpaired) electrons. The Balaban J connectivity index is 2.22. The lowest BCUT2D eigenvalue weighted by molar-refractivity contribution is 0.0589. The molecule has 2 aromatic heterocycles. The standard InChI is InChI=1S/C25H36N8O4/c1-8-16-9-17(15(3)27)20(11-26)36-13-14(2)29-23(34)19-12-28-22-18(10-21(30-16)31-33(19)22)32(7)24(35)37-25(4,5)6/h9-12,14H,8,13,26-27H2,1-7H3,(H,29,34)(H,30,31)/b16-9+,17-15-,20-11+. The van der Waals surface area contributed by atoms with E-state index in [0.29, 0.717) is 40.6 Å². The van der Waals surface area contributed by atoms with Crippen LogP contribution in [0.3, 0.4) is 0 Å². The molecule has 1 aliphatic rings. The number of allylic oxidation sites excluding steroid dienone is 3. The van der Waals surface area contributed by atoms with Gasteiger partial charge in [-0.15, -0.1) is 5.10 Å². The zero-order valence-corrected chi connectivity index (χ0v) is 22.4. The molecule has 0 saturated heterocycles. The van der Waals surface area contributed by atoms with Crippen molar-refractivity contribution < 1.29 is 19.1 Å². The molecule has 2 amide bonds. The van der Waals surface area contributed by atoms with Gasteiger partial charge in [-0.3, -0.25) is 9.69 Å². The van der Waals surface area contributed by atoms with E-state index in [2.05, 4.69) is 20.7 Å². The average molecular weight is 513 g/mol. The second-order valence-electron chi connectivity index (χ2n) is 9.79. The fourth-order valence-corrected chi connectivity index (χ4v) is 3.56. The average Bonchev–Trinajstić information content (AvgIpc) is 3.24. The van der Waals surface area contributed by atoms with Crippen LogP contribution in [-0.4, -0.2) is 51.9 Å². The highest BCUT2D eigenvalue weighted by Crippen LogP contribution is 2.27. The number of aromatic nitrogens is 3. The molecule has 0 fully saturated rings. The highest BCUT2D eigenvalue weighted by Gasteiger charge is 2.26. The molecule has 2 bridgehead atoms. The Morgan fingerprint density at radius 2 is 2.11 bits per heavy atom.